The van der Waals surface area contributed by atoms with Crippen LogP contribution in [0.25, 0.3) is 0 Å². The minimum Gasteiger partial charge on any atom is -0.506 e. The Morgan fingerprint density at radius 1 is 1.17 bits per heavy atom. The number of hydrogen-bond donors (Lipinski definition) is 4. The number of carbonyl (C=O) groups excluding carboxylic acids is 2. The molecule has 0 spiro atoms. The maximum Gasteiger partial charge on any atom is 0.322 e. The van der Waals surface area contributed by atoms with Crippen molar-refractivity contribution in [1.29, 1.82) is 0 Å². The lowest BCUT2D eigenvalue weighted by molar-refractivity contribution is -0.135. The second-order valence-corrected chi connectivity index (χ2v) is 6.90. The molecule has 0 saturated carbocycles. The zero-order valence-electron chi connectivity index (χ0n) is 15.7. The van der Waals surface area contributed by atoms with Crippen LogP contribution < -0.4 is 16.2 Å². The first kappa shape index (κ1) is 22.0. The van der Waals surface area contributed by atoms with Crippen molar-refractivity contribution in [3.8, 4) is 5.75 Å². The van der Waals surface area contributed by atoms with E-state index in [2.05, 4.69) is 5.32 Å². The summed E-state index contributed by atoms with van der Waals surface area (Å²) in [5.74, 6) is -3.96. The Morgan fingerprint density at radius 3 is 2.41 bits per heavy atom. The molecule has 1 aromatic carbocycles. The Labute approximate surface area is 170 Å². The van der Waals surface area contributed by atoms with Gasteiger partial charge in [0.1, 0.15) is 17.9 Å². The number of amides is 2. The normalized spacial score (nSPS) is 10.6. The van der Waals surface area contributed by atoms with Gasteiger partial charge in [0.2, 0.25) is 0 Å². The molecule has 2 aromatic rings. The molecule has 1 aromatic heterocycles. The fourth-order valence-electron chi connectivity index (χ4n) is 2.54. The second kappa shape index (κ2) is 9.24. The van der Waals surface area contributed by atoms with Crippen LogP contribution in [0.4, 0.5) is 0 Å². The zero-order valence-corrected chi connectivity index (χ0v) is 16.5. The van der Waals surface area contributed by atoms with Crippen molar-refractivity contribution >= 4 is 29.4 Å². The average Bonchev–Trinajstić information content (AvgIpc) is 2.63. The van der Waals surface area contributed by atoms with E-state index in [-0.39, 0.29) is 18.2 Å². The number of halogens is 1. The van der Waals surface area contributed by atoms with Crippen LogP contribution in [0.15, 0.2) is 35.3 Å². The van der Waals surface area contributed by atoms with Gasteiger partial charge in [-0.1, -0.05) is 29.8 Å². The van der Waals surface area contributed by atoms with Gasteiger partial charge in [0.25, 0.3) is 17.4 Å². The lowest BCUT2D eigenvalue weighted by Crippen LogP contribution is -2.38. The third kappa shape index (κ3) is 5.35. The molecule has 0 radical (unpaired) electrons. The van der Waals surface area contributed by atoms with E-state index >= 15 is 0 Å². The number of pyridine rings is 1. The van der Waals surface area contributed by atoms with Gasteiger partial charge in [-0.2, -0.15) is 0 Å². The quantitative estimate of drug-likeness (QED) is 0.530. The molecule has 9 nitrogen and oxygen atoms in total. The molecule has 0 aliphatic carbocycles. The molecule has 2 amide bonds. The molecular formula is C19H20ClN3O6. The number of rotatable bonds is 7. The van der Waals surface area contributed by atoms with Gasteiger partial charge < -0.3 is 25.4 Å². The first-order chi connectivity index (χ1) is 13.6. The summed E-state index contributed by atoms with van der Waals surface area (Å²) in [5.41, 5.74) is -1.37. The fraction of sp³-hybridized carbons (Fsp3) is 0.263. The van der Waals surface area contributed by atoms with Crippen LogP contribution in [0.3, 0.4) is 0 Å². The van der Waals surface area contributed by atoms with E-state index in [1.54, 1.807) is 38.1 Å². The number of hydrogen-bond acceptors (Lipinski definition) is 5. The van der Waals surface area contributed by atoms with Gasteiger partial charge in [0, 0.05) is 17.3 Å². The number of aromatic hydroxyl groups is 1. The van der Waals surface area contributed by atoms with Crippen LogP contribution >= 0.6 is 11.6 Å². The van der Waals surface area contributed by atoms with Gasteiger partial charge in [-0.05, 0) is 25.5 Å². The Hall–Kier alpha value is -3.33. The number of carboxylic acid groups (broad SMARTS) is 1. The van der Waals surface area contributed by atoms with Crippen molar-refractivity contribution in [3.05, 3.63) is 62.5 Å². The van der Waals surface area contributed by atoms with Crippen molar-refractivity contribution in [1.82, 2.24) is 15.2 Å². The maximum absolute atomic E-state index is 12.8. The molecule has 0 fully saturated rings. The molecule has 0 aliphatic heterocycles. The van der Waals surface area contributed by atoms with E-state index in [1.807, 2.05) is 5.32 Å². The van der Waals surface area contributed by atoms with Crippen LogP contribution in [0.1, 0.15) is 40.1 Å². The third-order valence-corrected chi connectivity index (χ3v) is 4.21. The largest absolute Gasteiger partial charge is 0.506 e. The lowest BCUT2D eigenvalue weighted by Gasteiger charge is -2.16. The molecule has 0 saturated heterocycles. The number of nitrogens with zero attached hydrogens (tertiary/aromatic N) is 1. The SMILES string of the molecule is CC(C)NC(=O)c1cn(Cc2ccccc2Cl)c(=O)c(C(=O)NCC(=O)O)c1O. The van der Waals surface area contributed by atoms with Crippen LogP contribution in [-0.2, 0) is 11.3 Å². The molecule has 1 heterocycles. The zero-order chi connectivity index (χ0) is 21.7. The smallest absolute Gasteiger partial charge is 0.322 e. The predicted molar refractivity (Wildman–Crippen MR) is 105 cm³/mol. The average molecular weight is 422 g/mol. The van der Waals surface area contributed by atoms with E-state index < -0.39 is 41.2 Å². The Kier molecular flexibility index (Phi) is 7.00. The third-order valence-electron chi connectivity index (χ3n) is 3.84. The molecule has 0 bridgehead atoms. The predicted octanol–water partition coefficient (Wildman–Crippen LogP) is 1.21. The van der Waals surface area contributed by atoms with Gasteiger partial charge in [0.05, 0.1) is 12.1 Å². The maximum atomic E-state index is 12.8. The molecule has 0 unspecified atom stereocenters. The Morgan fingerprint density at radius 2 is 1.83 bits per heavy atom. The highest BCUT2D eigenvalue weighted by Gasteiger charge is 2.25. The second-order valence-electron chi connectivity index (χ2n) is 6.50. The number of benzene rings is 1. The van der Waals surface area contributed by atoms with E-state index in [1.165, 1.54) is 0 Å². The van der Waals surface area contributed by atoms with Crippen molar-refractivity contribution in [2.75, 3.05) is 6.54 Å². The molecule has 154 valence electrons. The Balaban J connectivity index is 2.60. The van der Waals surface area contributed by atoms with E-state index in [0.717, 1.165) is 10.8 Å². The fourth-order valence-corrected chi connectivity index (χ4v) is 2.73. The topological polar surface area (TPSA) is 138 Å². The molecule has 29 heavy (non-hydrogen) atoms. The lowest BCUT2D eigenvalue weighted by atomic mass is 10.1. The first-order valence-corrected chi connectivity index (χ1v) is 9.00. The first-order valence-electron chi connectivity index (χ1n) is 8.62. The van der Waals surface area contributed by atoms with Gasteiger partial charge >= 0.3 is 5.97 Å². The molecule has 2 rings (SSSR count). The number of aromatic nitrogens is 1. The van der Waals surface area contributed by atoms with Crippen molar-refractivity contribution in [3.63, 3.8) is 0 Å². The van der Waals surface area contributed by atoms with Gasteiger partial charge in [-0.3, -0.25) is 19.2 Å². The number of nitrogens with one attached hydrogen (secondary N) is 2. The van der Waals surface area contributed by atoms with Gasteiger partial charge in [0.15, 0.2) is 0 Å². The highest BCUT2D eigenvalue weighted by atomic mass is 35.5. The standard InChI is InChI=1S/C19H20ClN3O6/c1-10(2)22-17(27)12-9-23(8-11-5-3-4-6-13(11)20)19(29)15(16(12)26)18(28)21-7-14(24)25/h3-6,9-10,26H,7-8H2,1-2H3,(H,21,28)(H,22,27)(H,24,25). The van der Waals surface area contributed by atoms with Gasteiger partial charge in [-0.15, -0.1) is 0 Å². The van der Waals surface area contributed by atoms with Crippen molar-refractivity contribution in [2.24, 2.45) is 0 Å². The Bertz CT molecular complexity index is 1020. The minimum atomic E-state index is -1.33. The minimum absolute atomic E-state index is 0.0695. The van der Waals surface area contributed by atoms with Crippen LogP contribution in [-0.4, -0.2) is 45.2 Å². The summed E-state index contributed by atoms with van der Waals surface area (Å²) in [4.78, 5) is 48.3. The van der Waals surface area contributed by atoms with E-state index in [9.17, 15) is 24.3 Å². The van der Waals surface area contributed by atoms with Crippen LogP contribution in [0.5, 0.6) is 5.75 Å². The number of carboxylic acids is 1. The highest BCUT2D eigenvalue weighted by Crippen LogP contribution is 2.22. The summed E-state index contributed by atoms with van der Waals surface area (Å²) >= 11 is 6.13. The van der Waals surface area contributed by atoms with Crippen molar-refractivity contribution in [2.45, 2.75) is 26.4 Å². The molecule has 0 atom stereocenters. The summed E-state index contributed by atoms with van der Waals surface area (Å²) in [5, 5.41) is 24.1. The highest BCUT2D eigenvalue weighted by molar-refractivity contribution is 6.31. The van der Waals surface area contributed by atoms with E-state index in [4.69, 9.17) is 16.7 Å². The summed E-state index contributed by atoms with van der Waals surface area (Å²) in [6, 6.07) is 6.43. The van der Waals surface area contributed by atoms with Gasteiger partial charge in [-0.25, -0.2) is 0 Å². The molecular weight excluding hydrogens is 402 g/mol. The van der Waals surface area contributed by atoms with Crippen LogP contribution in [0, 0.1) is 0 Å². The summed E-state index contributed by atoms with van der Waals surface area (Å²) in [7, 11) is 0. The molecule has 4 N–H and O–H groups in total. The summed E-state index contributed by atoms with van der Waals surface area (Å²) in [6.45, 7) is 2.58. The molecule has 0 aliphatic rings. The monoisotopic (exact) mass is 421 g/mol. The summed E-state index contributed by atoms with van der Waals surface area (Å²) < 4.78 is 1.06. The summed E-state index contributed by atoms with van der Waals surface area (Å²) in [6.07, 6.45) is 1.13. The number of carbonyl (C=O) groups is 3. The molecule has 10 heteroatoms. The van der Waals surface area contributed by atoms with Crippen molar-refractivity contribution < 1.29 is 24.6 Å². The van der Waals surface area contributed by atoms with Crippen LogP contribution in [0.2, 0.25) is 5.02 Å². The van der Waals surface area contributed by atoms with E-state index in [0.29, 0.717) is 10.6 Å². The number of aliphatic carboxylic acids is 1.